The van der Waals surface area contributed by atoms with Crippen molar-refractivity contribution in [1.82, 2.24) is 0 Å². The summed E-state index contributed by atoms with van der Waals surface area (Å²) in [5, 5.41) is 1.24. The quantitative estimate of drug-likeness (QED) is 0.840. The minimum atomic E-state index is 0.921. The Labute approximate surface area is 126 Å². The number of anilines is 1. The summed E-state index contributed by atoms with van der Waals surface area (Å²) < 4.78 is 5.52. The van der Waals surface area contributed by atoms with Crippen LogP contribution in [-0.4, -0.2) is 20.2 Å². The first-order valence-corrected chi connectivity index (χ1v) is 8.04. The maximum absolute atomic E-state index is 5.52. The fraction of sp³-hybridized carbons (Fsp3) is 0.500. The van der Waals surface area contributed by atoms with Crippen molar-refractivity contribution in [3.05, 3.63) is 29.8 Å². The molecule has 0 atom stereocenters. The number of H-pyrrole nitrogens is 1. The molecule has 3 rings (SSSR count). The van der Waals surface area contributed by atoms with E-state index in [-0.39, 0.29) is 0 Å². The lowest BCUT2D eigenvalue weighted by molar-refractivity contribution is -0.331. The van der Waals surface area contributed by atoms with Crippen molar-refractivity contribution in [3.63, 3.8) is 0 Å². The number of benzene rings is 1. The zero-order valence-corrected chi connectivity index (χ0v) is 13.1. The molecule has 1 aliphatic rings. The number of hydrogen-bond acceptors (Lipinski definition) is 2. The Bertz CT molecular complexity index is 616. The molecule has 3 nitrogen and oxygen atoms in total. The Kier molecular flexibility index (Phi) is 4.28. The predicted octanol–water partition coefficient (Wildman–Crippen LogP) is 3.74. The normalized spacial score (nSPS) is 16.6. The second-order valence-electron chi connectivity index (χ2n) is 5.98. The standard InChI is InChI=1S/C18H24N2O/c1-14-13-17(20-11-6-4-3-5-7-12-20)19-18-15(14)9-8-10-16(18)21-2/h8-10,13H,3-7,11-12H2,1-2H3/p+1. The maximum Gasteiger partial charge on any atom is 0.275 e. The van der Waals surface area contributed by atoms with Crippen molar-refractivity contribution in [3.8, 4) is 5.75 Å². The summed E-state index contributed by atoms with van der Waals surface area (Å²) in [7, 11) is 1.74. The lowest BCUT2D eigenvalue weighted by Crippen LogP contribution is -2.32. The number of nitrogens with zero attached hydrogens (tertiary/aromatic N) is 1. The van der Waals surface area contributed by atoms with Crippen molar-refractivity contribution >= 4 is 16.7 Å². The molecule has 1 aliphatic heterocycles. The number of hydrogen-bond donors (Lipinski definition) is 0. The zero-order valence-electron chi connectivity index (χ0n) is 13.1. The highest BCUT2D eigenvalue weighted by Crippen LogP contribution is 2.26. The van der Waals surface area contributed by atoms with Crippen LogP contribution in [0.1, 0.15) is 37.7 Å². The smallest absolute Gasteiger partial charge is 0.275 e. The number of nitrogens with one attached hydrogen (secondary N) is 1. The average Bonchev–Trinajstić information content (AvgIpc) is 2.46. The number of aromatic amines is 1. The van der Waals surface area contributed by atoms with Crippen LogP contribution in [0.25, 0.3) is 10.9 Å². The predicted molar refractivity (Wildman–Crippen MR) is 87.1 cm³/mol. The number of rotatable bonds is 2. The monoisotopic (exact) mass is 285 g/mol. The number of ether oxygens (including phenoxy) is 1. The third-order valence-electron chi connectivity index (χ3n) is 4.47. The molecule has 0 saturated carbocycles. The van der Waals surface area contributed by atoms with Gasteiger partial charge >= 0.3 is 0 Å². The first-order valence-electron chi connectivity index (χ1n) is 8.04. The van der Waals surface area contributed by atoms with E-state index in [2.05, 4.69) is 35.0 Å². The van der Waals surface area contributed by atoms with Gasteiger partial charge in [-0.25, -0.2) is 4.98 Å². The Morgan fingerprint density at radius 3 is 2.48 bits per heavy atom. The van der Waals surface area contributed by atoms with E-state index in [4.69, 9.17) is 4.74 Å². The van der Waals surface area contributed by atoms with Crippen LogP contribution < -0.4 is 14.6 Å². The van der Waals surface area contributed by atoms with Crippen LogP contribution >= 0.6 is 0 Å². The molecule has 112 valence electrons. The van der Waals surface area contributed by atoms with Crippen LogP contribution in [0.4, 0.5) is 5.82 Å². The fourth-order valence-electron chi connectivity index (χ4n) is 3.26. The summed E-state index contributed by atoms with van der Waals surface area (Å²) in [5.41, 5.74) is 2.41. The maximum atomic E-state index is 5.52. The number of aromatic nitrogens is 1. The highest BCUT2D eigenvalue weighted by molar-refractivity contribution is 5.85. The van der Waals surface area contributed by atoms with E-state index < -0.39 is 0 Å². The third-order valence-corrected chi connectivity index (χ3v) is 4.47. The summed E-state index contributed by atoms with van der Waals surface area (Å²) in [6, 6.07) is 8.51. The molecule has 1 N–H and O–H groups in total. The summed E-state index contributed by atoms with van der Waals surface area (Å²) in [5.74, 6) is 2.15. The van der Waals surface area contributed by atoms with Crippen LogP contribution in [0.3, 0.4) is 0 Å². The van der Waals surface area contributed by atoms with E-state index in [9.17, 15) is 0 Å². The number of fused-ring (bicyclic) bond motifs is 1. The van der Waals surface area contributed by atoms with Gasteiger partial charge in [-0.1, -0.05) is 18.6 Å². The van der Waals surface area contributed by atoms with Gasteiger partial charge in [0.25, 0.3) is 5.82 Å². The van der Waals surface area contributed by atoms with Gasteiger partial charge in [0.05, 0.1) is 20.2 Å². The fourth-order valence-corrected chi connectivity index (χ4v) is 3.26. The van der Waals surface area contributed by atoms with Crippen molar-refractivity contribution in [2.75, 3.05) is 25.1 Å². The van der Waals surface area contributed by atoms with Gasteiger partial charge in [0.1, 0.15) is 0 Å². The molecule has 3 heteroatoms. The molecular formula is C18H25N2O+. The number of pyridine rings is 1. The van der Waals surface area contributed by atoms with E-state index in [0.717, 1.165) is 24.4 Å². The third kappa shape index (κ3) is 2.97. The summed E-state index contributed by atoms with van der Waals surface area (Å²) in [4.78, 5) is 6.10. The zero-order chi connectivity index (χ0) is 14.7. The molecule has 1 aromatic carbocycles. The lowest BCUT2D eigenvalue weighted by Gasteiger charge is -2.20. The van der Waals surface area contributed by atoms with Gasteiger partial charge in [-0.05, 0) is 44.2 Å². The molecular weight excluding hydrogens is 260 g/mol. The Balaban J connectivity index is 2.01. The molecule has 0 radical (unpaired) electrons. The topological polar surface area (TPSA) is 26.6 Å². The average molecular weight is 285 g/mol. The molecule has 0 spiro atoms. The Hall–Kier alpha value is -1.77. The van der Waals surface area contributed by atoms with Gasteiger partial charge in [0.15, 0.2) is 11.3 Å². The first-order chi connectivity index (χ1) is 10.3. The van der Waals surface area contributed by atoms with Gasteiger partial charge in [0, 0.05) is 11.5 Å². The van der Waals surface area contributed by atoms with E-state index in [1.807, 2.05) is 6.07 Å². The van der Waals surface area contributed by atoms with Crippen molar-refractivity contribution in [2.24, 2.45) is 0 Å². The summed E-state index contributed by atoms with van der Waals surface area (Å²) in [6.07, 6.45) is 6.68. The Morgan fingerprint density at radius 2 is 1.76 bits per heavy atom. The van der Waals surface area contributed by atoms with Crippen LogP contribution in [0, 0.1) is 6.92 Å². The molecule has 1 aromatic heterocycles. The van der Waals surface area contributed by atoms with Crippen LogP contribution in [-0.2, 0) is 0 Å². The van der Waals surface area contributed by atoms with Crippen LogP contribution in [0.5, 0.6) is 5.75 Å². The molecule has 21 heavy (non-hydrogen) atoms. The van der Waals surface area contributed by atoms with Crippen LogP contribution in [0.2, 0.25) is 0 Å². The van der Waals surface area contributed by atoms with E-state index >= 15 is 0 Å². The molecule has 0 amide bonds. The molecule has 0 aliphatic carbocycles. The highest BCUT2D eigenvalue weighted by atomic mass is 16.5. The minimum absolute atomic E-state index is 0.921. The molecule has 0 bridgehead atoms. The van der Waals surface area contributed by atoms with E-state index in [1.165, 1.54) is 48.9 Å². The first kappa shape index (κ1) is 14.2. The largest absolute Gasteiger partial charge is 0.492 e. The molecule has 2 heterocycles. The Morgan fingerprint density at radius 1 is 1.05 bits per heavy atom. The molecule has 2 aromatic rings. The van der Waals surface area contributed by atoms with Gasteiger partial charge < -0.3 is 4.74 Å². The minimum Gasteiger partial charge on any atom is -0.492 e. The van der Waals surface area contributed by atoms with E-state index in [1.54, 1.807) is 7.11 Å². The highest BCUT2D eigenvalue weighted by Gasteiger charge is 2.19. The second-order valence-corrected chi connectivity index (χ2v) is 5.98. The van der Waals surface area contributed by atoms with Crippen molar-refractivity contribution in [2.45, 2.75) is 39.0 Å². The second kappa shape index (κ2) is 6.33. The van der Waals surface area contributed by atoms with Crippen molar-refractivity contribution in [1.29, 1.82) is 0 Å². The SMILES string of the molecule is COc1cccc2c(C)cc(N3CCCCCCC3)[nH+]c12. The van der Waals surface area contributed by atoms with Gasteiger partial charge in [-0.2, -0.15) is 0 Å². The van der Waals surface area contributed by atoms with Gasteiger partial charge in [-0.3, -0.25) is 4.90 Å². The van der Waals surface area contributed by atoms with Gasteiger partial charge in [-0.15, -0.1) is 0 Å². The summed E-state index contributed by atoms with van der Waals surface area (Å²) >= 11 is 0. The summed E-state index contributed by atoms with van der Waals surface area (Å²) in [6.45, 7) is 4.48. The number of para-hydroxylation sites is 1. The van der Waals surface area contributed by atoms with Crippen LogP contribution in [0.15, 0.2) is 24.3 Å². The molecule has 1 fully saturated rings. The number of aryl methyl sites for hydroxylation is 1. The molecule has 0 unspecified atom stereocenters. The molecule has 1 saturated heterocycles. The lowest BCUT2D eigenvalue weighted by atomic mass is 10.1. The van der Waals surface area contributed by atoms with Crippen molar-refractivity contribution < 1.29 is 9.72 Å². The number of methoxy groups -OCH3 is 1. The van der Waals surface area contributed by atoms with Gasteiger partial charge in [0.2, 0.25) is 0 Å². The van der Waals surface area contributed by atoms with E-state index in [0.29, 0.717) is 0 Å².